The van der Waals surface area contributed by atoms with Gasteiger partial charge in [0.05, 0.1) is 0 Å². The molecule has 118 valence electrons. The molecule has 7 heteroatoms. The number of anilines is 1. The van der Waals surface area contributed by atoms with Gasteiger partial charge in [-0.3, -0.25) is 4.79 Å². The van der Waals surface area contributed by atoms with E-state index < -0.39 is 0 Å². The second-order valence-electron chi connectivity index (χ2n) is 5.22. The van der Waals surface area contributed by atoms with Crippen molar-refractivity contribution >= 4 is 34.1 Å². The number of hydrogen-bond donors (Lipinski definition) is 1. The summed E-state index contributed by atoms with van der Waals surface area (Å²) in [6.45, 7) is 4.28. The van der Waals surface area contributed by atoms with E-state index in [1.54, 1.807) is 30.0 Å². The zero-order valence-electron chi connectivity index (χ0n) is 12.5. The van der Waals surface area contributed by atoms with Crippen LogP contribution in [0.3, 0.4) is 0 Å². The summed E-state index contributed by atoms with van der Waals surface area (Å²) in [6, 6.07) is 6.49. The molecule has 0 aliphatic carbocycles. The maximum Gasteiger partial charge on any atom is 0.226 e. The van der Waals surface area contributed by atoms with Crippen LogP contribution in [-0.2, 0) is 11.2 Å². The van der Waals surface area contributed by atoms with Crippen LogP contribution in [0.25, 0.3) is 0 Å². The predicted molar refractivity (Wildman–Crippen MR) is 88.8 cm³/mol. The molecule has 2 aromatic rings. The molecule has 1 aromatic heterocycles. The molecule has 22 heavy (non-hydrogen) atoms. The lowest BCUT2D eigenvalue weighted by molar-refractivity contribution is -0.116. The van der Waals surface area contributed by atoms with Crippen molar-refractivity contribution in [2.24, 2.45) is 5.92 Å². The molecule has 0 aliphatic rings. The lowest BCUT2D eigenvalue weighted by Gasteiger charge is -2.03. The standard InChI is InChI=1S/C15H18FN3OS2/c1-10(2)9-21-15-19-18-14(22-15)17-13(20)8-7-11-5-3-4-6-12(11)16/h3-6,10H,7-9H2,1-2H3,(H,17,18,20). The van der Waals surface area contributed by atoms with Gasteiger partial charge in [-0.2, -0.15) is 0 Å². The third-order valence-corrected chi connectivity index (χ3v) is 5.17. The number of nitrogens with one attached hydrogen (secondary N) is 1. The van der Waals surface area contributed by atoms with Crippen LogP contribution in [0.15, 0.2) is 28.6 Å². The molecule has 2 rings (SSSR count). The molecule has 0 saturated heterocycles. The number of thioether (sulfide) groups is 1. The van der Waals surface area contributed by atoms with Crippen molar-refractivity contribution in [3.05, 3.63) is 35.6 Å². The lowest BCUT2D eigenvalue weighted by Crippen LogP contribution is -2.12. The van der Waals surface area contributed by atoms with E-state index in [2.05, 4.69) is 29.4 Å². The Morgan fingerprint density at radius 2 is 2.14 bits per heavy atom. The van der Waals surface area contributed by atoms with Gasteiger partial charge >= 0.3 is 0 Å². The van der Waals surface area contributed by atoms with Crippen molar-refractivity contribution in [2.75, 3.05) is 11.1 Å². The van der Waals surface area contributed by atoms with Crippen LogP contribution in [0.2, 0.25) is 0 Å². The Labute approximate surface area is 137 Å². The SMILES string of the molecule is CC(C)CSc1nnc(NC(=O)CCc2ccccc2F)s1. The van der Waals surface area contributed by atoms with Crippen LogP contribution >= 0.6 is 23.1 Å². The fraction of sp³-hybridized carbons (Fsp3) is 0.400. The Morgan fingerprint density at radius 3 is 2.86 bits per heavy atom. The summed E-state index contributed by atoms with van der Waals surface area (Å²) >= 11 is 3.00. The molecule has 0 aliphatic heterocycles. The van der Waals surface area contributed by atoms with Crippen LogP contribution in [0.4, 0.5) is 9.52 Å². The molecule has 0 atom stereocenters. The molecule has 0 unspecified atom stereocenters. The Hall–Kier alpha value is -1.47. The number of aromatic nitrogens is 2. The molecule has 1 heterocycles. The van der Waals surface area contributed by atoms with Gasteiger partial charge in [0.25, 0.3) is 0 Å². The lowest BCUT2D eigenvalue weighted by atomic mass is 10.1. The van der Waals surface area contributed by atoms with Crippen molar-refractivity contribution < 1.29 is 9.18 Å². The fourth-order valence-corrected chi connectivity index (χ4v) is 3.43. The molecular formula is C15H18FN3OS2. The second kappa shape index (κ2) is 8.24. The summed E-state index contributed by atoms with van der Waals surface area (Å²) in [5, 5.41) is 11.2. The average Bonchev–Trinajstić information content (AvgIpc) is 2.92. The second-order valence-corrected chi connectivity index (χ2v) is 7.46. The first-order chi connectivity index (χ1) is 10.5. The number of amides is 1. The van der Waals surface area contributed by atoms with Gasteiger partial charge in [-0.1, -0.05) is 55.1 Å². The summed E-state index contributed by atoms with van der Waals surface area (Å²) in [6.07, 6.45) is 0.585. The Bertz CT molecular complexity index is 631. The summed E-state index contributed by atoms with van der Waals surface area (Å²) in [7, 11) is 0. The molecule has 0 saturated carbocycles. The fourth-order valence-electron chi connectivity index (χ4n) is 1.69. The summed E-state index contributed by atoms with van der Waals surface area (Å²) in [4.78, 5) is 11.9. The van der Waals surface area contributed by atoms with Crippen LogP contribution in [0.5, 0.6) is 0 Å². The van der Waals surface area contributed by atoms with Crippen LogP contribution in [0, 0.1) is 11.7 Å². The Kier molecular flexibility index (Phi) is 6.33. The number of benzene rings is 1. The number of hydrogen-bond acceptors (Lipinski definition) is 5. The first kappa shape index (κ1) is 16.9. The van der Waals surface area contributed by atoms with E-state index in [-0.39, 0.29) is 18.1 Å². The summed E-state index contributed by atoms with van der Waals surface area (Å²) < 4.78 is 14.3. The number of carbonyl (C=O) groups is 1. The van der Waals surface area contributed by atoms with Gasteiger partial charge in [-0.25, -0.2) is 4.39 Å². The van der Waals surface area contributed by atoms with E-state index in [9.17, 15) is 9.18 Å². The van der Waals surface area contributed by atoms with E-state index in [0.717, 1.165) is 10.1 Å². The predicted octanol–water partition coefficient (Wildman–Crippen LogP) is 4.00. The maximum atomic E-state index is 13.5. The third-order valence-electron chi connectivity index (χ3n) is 2.77. The number of carbonyl (C=O) groups excluding carboxylic acids is 1. The third kappa shape index (κ3) is 5.38. The highest BCUT2D eigenvalue weighted by atomic mass is 32.2. The van der Waals surface area contributed by atoms with Gasteiger partial charge in [0.1, 0.15) is 5.82 Å². The van der Waals surface area contributed by atoms with Crippen LogP contribution in [0.1, 0.15) is 25.8 Å². The highest BCUT2D eigenvalue weighted by Gasteiger charge is 2.10. The highest BCUT2D eigenvalue weighted by Crippen LogP contribution is 2.27. The van der Waals surface area contributed by atoms with Crippen molar-refractivity contribution in [1.82, 2.24) is 10.2 Å². The first-order valence-electron chi connectivity index (χ1n) is 7.04. The molecule has 1 aromatic carbocycles. The zero-order valence-corrected chi connectivity index (χ0v) is 14.1. The van der Waals surface area contributed by atoms with Gasteiger partial charge in [0, 0.05) is 12.2 Å². The minimum Gasteiger partial charge on any atom is -0.300 e. The number of rotatable bonds is 7. The molecule has 0 bridgehead atoms. The molecule has 1 amide bonds. The van der Waals surface area contributed by atoms with E-state index >= 15 is 0 Å². The summed E-state index contributed by atoms with van der Waals surface area (Å²) in [5.41, 5.74) is 0.545. The Morgan fingerprint density at radius 1 is 1.36 bits per heavy atom. The van der Waals surface area contributed by atoms with Crippen LogP contribution in [-0.4, -0.2) is 21.9 Å². The van der Waals surface area contributed by atoms with Gasteiger partial charge in [-0.05, 0) is 24.0 Å². The normalized spacial score (nSPS) is 10.9. The smallest absolute Gasteiger partial charge is 0.226 e. The van der Waals surface area contributed by atoms with Crippen molar-refractivity contribution in [1.29, 1.82) is 0 Å². The molecule has 0 radical (unpaired) electrons. The van der Waals surface area contributed by atoms with Crippen molar-refractivity contribution in [3.63, 3.8) is 0 Å². The zero-order chi connectivity index (χ0) is 15.9. The molecule has 0 spiro atoms. The first-order valence-corrected chi connectivity index (χ1v) is 8.84. The minimum atomic E-state index is -0.279. The van der Waals surface area contributed by atoms with E-state index in [1.165, 1.54) is 17.4 Å². The van der Waals surface area contributed by atoms with Crippen LogP contribution < -0.4 is 5.32 Å². The molecule has 0 fully saturated rings. The average molecular weight is 339 g/mol. The number of nitrogens with zero attached hydrogens (tertiary/aromatic N) is 2. The largest absolute Gasteiger partial charge is 0.300 e. The monoisotopic (exact) mass is 339 g/mol. The van der Waals surface area contributed by atoms with Crippen molar-refractivity contribution in [2.45, 2.75) is 31.0 Å². The number of halogens is 1. The summed E-state index contributed by atoms with van der Waals surface area (Å²) in [5.74, 6) is 1.08. The van der Waals surface area contributed by atoms with Crippen molar-refractivity contribution in [3.8, 4) is 0 Å². The van der Waals surface area contributed by atoms with E-state index in [0.29, 0.717) is 23.0 Å². The Balaban J connectivity index is 1.81. The maximum absolute atomic E-state index is 13.5. The molecular weight excluding hydrogens is 321 g/mol. The quantitative estimate of drug-likeness (QED) is 0.612. The van der Waals surface area contributed by atoms with E-state index in [1.807, 2.05) is 0 Å². The van der Waals surface area contributed by atoms with E-state index in [4.69, 9.17) is 0 Å². The van der Waals surface area contributed by atoms with Gasteiger partial charge in [-0.15, -0.1) is 10.2 Å². The molecule has 4 nitrogen and oxygen atoms in total. The minimum absolute atomic E-state index is 0.181. The van der Waals surface area contributed by atoms with Gasteiger partial charge in [0.15, 0.2) is 4.34 Å². The number of aryl methyl sites for hydroxylation is 1. The molecule has 1 N–H and O–H groups in total. The van der Waals surface area contributed by atoms with Gasteiger partial charge < -0.3 is 5.32 Å². The topological polar surface area (TPSA) is 54.9 Å². The van der Waals surface area contributed by atoms with Gasteiger partial charge in [0.2, 0.25) is 11.0 Å². The highest BCUT2D eigenvalue weighted by molar-refractivity contribution is 8.01.